The SMILES string of the molecule is CC(N)C(=O)NC(CS)C(=O)NC(C(=O)NC(C(=O)O)C(C)O)C(C)O. The number of nitrogens with two attached hydrogens (primary N) is 1. The van der Waals surface area contributed by atoms with Crippen LogP contribution in [0.5, 0.6) is 0 Å². The third-order valence-corrected chi connectivity index (χ3v) is 3.70. The molecule has 11 nitrogen and oxygen atoms in total. The van der Waals surface area contributed by atoms with Crippen LogP contribution in [0, 0.1) is 0 Å². The standard InChI is InChI=1S/C14H26N4O7S/c1-5(15)11(21)16-8(4-26)12(22)17-9(6(2)19)13(23)18-10(7(3)20)14(24)25/h5-10,19-20,26H,4,15H2,1-3H3,(H,16,21)(H,17,22)(H,18,23)(H,24,25). The van der Waals surface area contributed by atoms with Gasteiger partial charge in [-0.15, -0.1) is 0 Å². The number of carboxylic acids is 1. The molecule has 0 fully saturated rings. The van der Waals surface area contributed by atoms with E-state index in [2.05, 4.69) is 23.3 Å². The topological polar surface area (TPSA) is 191 Å². The van der Waals surface area contributed by atoms with Crippen molar-refractivity contribution in [1.82, 2.24) is 16.0 Å². The maximum Gasteiger partial charge on any atom is 0.328 e. The van der Waals surface area contributed by atoms with Gasteiger partial charge in [0.2, 0.25) is 17.7 Å². The Labute approximate surface area is 156 Å². The van der Waals surface area contributed by atoms with Crippen LogP contribution in [0.2, 0.25) is 0 Å². The number of carbonyl (C=O) groups is 4. The normalized spacial score (nSPS) is 17.8. The van der Waals surface area contributed by atoms with Crippen LogP contribution < -0.4 is 21.7 Å². The highest BCUT2D eigenvalue weighted by molar-refractivity contribution is 7.80. The molecular weight excluding hydrogens is 368 g/mol. The number of hydrogen-bond acceptors (Lipinski definition) is 8. The first-order valence-corrected chi connectivity index (χ1v) is 8.42. The lowest BCUT2D eigenvalue weighted by Crippen LogP contribution is -2.61. The van der Waals surface area contributed by atoms with E-state index in [0.29, 0.717) is 0 Å². The first-order valence-electron chi connectivity index (χ1n) is 7.78. The van der Waals surface area contributed by atoms with Gasteiger partial charge in [-0.2, -0.15) is 12.6 Å². The average Bonchev–Trinajstić information content (AvgIpc) is 2.53. The Balaban J connectivity index is 5.14. The predicted molar refractivity (Wildman–Crippen MR) is 94.3 cm³/mol. The summed E-state index contributed by atoms with van der Waals surface area (Å²) in [4.78, 5) is 47.1. The number of aliphatic carboxylic acids is 1. The van der Waals surface area contributed by atoms with Crippen LogP contribution in [0.15, 0.2) is 0 Å². The zero-order valence-electron chi connectivity index (χ0n) is 14.7. The van der Waals surface area contributed by atoms with Crippen molar-refractivity contribution in [3.63, 3.8) is 0 Å². The second kappa shape index (κ2) is 11.0. The highest BCUT2D eigenvalue weighted by Crippen LogP contribution is 2.00. The summed E-state index contributed by atoms with van der Waals surface area (Å²) < 4.78 is 0. The Bertz CT molecular complexity index is 527. The van der Waals surface area contributed by atoms with E-state index in [9.17, 15) is 29.4 Å². The highest BCUT2D eigenvalue weighted by Gasteiger charge is 2.33. The van der Waals surface area contributed by atoms with E-state index < -0.39 is 60.1 Å². The number of hydrogen-bond donors (Lipinski definition) is 8. The molecule has 6 unspecified atom stereocenters. The first-order chi connectivity index (χ1) is 11.9. The number of rotatable bonds is 10. The van der Waals surface area contributed by atoms with Gasteiger partial charge in [-0.05, 0) is 20.8 Å². The van der Waals surface area contributed by atoms with Gasteiger partial charge >= 0.3 is 5.97 Å². The smallest absolute Gasteiger partial charge is 0.328 e. The van der Waals surface area contributed by atoms with Crippen LogP contribution in [0.1, 0.15) is 20.8 Å². The van der Waals surface area contributed by atoms with Gasteiger partial charge in [0.05, 0.1) is 18.2 Å². The van der Waals surface area contributed by atoms with Gasteiger partial charge in [0.25, 0.3) is 0 Å². The molecule has 0 bridgehead atoms. The highest BCUT2D eigenvalue weighted by atomic mass is 32.1. The molecule has 0 spiro atoms. The van der Waals surface area contributed by atoms with Crippen molar-refractivity contribution in [1.29, 1.82) is 0 Å². The summed E-state index contributed by atoms with van der Waals surface area (Å²) >= 11 is 3.94. The van der Waals surface area contributed by atoms with E-state index in [4.69, 9.17) is 10.8 Å². The van der Waals surface area contributed by atoms with Crippen molar-refractivity contribution >= 4 is 36.3 Å². The Kier molecular flexibility index (Phi) is 10.2. The van der Waals surface area contributed by atoms with E-state index >= 15 is 0 Å². The van der Waals surface area contributed by atoms with Gasteiger partial charge in [0.15, 0.2) is 6.04 Å². The quantitative estimate of drug-likeness (QED) is 0.175. The summed E-state index contributed by atoms with van der Waals surface area (Å²) in [6.45, 7) is 3.78. The molecule has 0 rings (SSSR count). The molecule has 3 amide bonds. The summed E-state index contributed by atoms with van der Waals surface area (Å²) in [6, 6.07) is -5.14. The van der Waals surface area contributed by atoms with Crippen molar-refractivity contribution in [2.75, 3.05) is 5.75 Å². The van der Waals surface area contributed by atoms with Crippen LogP contribution in [-0.2, 0) is 19.2 Å². The third kappa shape index (κ3) is 7.56. The molecule has 0 saturated carbocycles. The summed E-state index contributed by atoms with van der Waals surface area (Å²) in [5.74, 6) is -4.04. The molecule has 0 aromatic carbocycles. The molecular formula is C14H26N4O7S. The predicted octanol–water partition coefficient (Wildman–Crippen LogP) is -3.44. The van der Waals surface area contributed by atoms with Gasteiger partial charge in [-0.3, -0.25) is 14.4 Å². The number of aliphatic hydroxyl groups is 2. The van der Waals surface area contributed by atoms with E-state index in [1.165, 1.54) is 13.8 Å². The van der Waals surface area contributed by atoms with Gasteiger partial charge in [0.1, 0.15) is 12.1 Å². The fraction of sp³-hybridized carbons (Fsp3) is 0.714. The van der Waals surface area contributed by atoms with E-state index in [0.717, 1.165) is 6.92 Å². The Morgan fingerprint density at radius 1 is 0.885 bits per heavy atom. The molecule has 8 N–H and O–H groups in total. The van der Waals surface area contributed by atoms with Crippen molar-refractivity contribution in [2.24, 2.45) is 5.73 Å². The third-order valence-electron chi connectivity index (χ3n) is 3.34. The molecule has 0 aliphatic rings. The molecule has 0 radical (unpaired) electrons. The Morgan fingerprint density at radius 3 is 1.69 bits per heavy atom. The summed E-state index contributed by atoms with van der Waals surface area (Å²) in [7, 11) is 0. The second-order valence-corrected chi connectivity index (χ2v) is 6.19. The molecule has 0 aromatic heterocycles. The van der Waals surface area contributed by atoms with E-state index in [1.807, 2.05) is 5.32 Å². The van der Waals surface area contributed by atoms with Crippen molar-refractivity contribution in [3.8, 4) is 0 Å². The fourth-order valence-electron chi connectivity index (χ4n) is 1.79. The van der Waals surface area contributed by atoms with E-state index in [-0.39, 0.29) is 5.75 Å². The van der Waals surface area contributed by atoms with Crippen molar-refractivity contribution < 1.29 is 34.5 Å². The van der Waals surface area contributed by atoms with Gasteiger partial charge in [-0.1, -0.05) is 0 Å². The second-order valence-electron chi connectivity index (χ2n) is 5.82. The largest absolute Gasteiger partial charge is 0.480 e. The Hall–Kier alpha value is -1.89. The Morgan fingerprint density at radius 2 is 1.35 bits per heavy atom. The van der Waals surface area contributed by atoms with Gasteiger partial charge in [0, 0.05) is 5.75 Å². The number of carboxylic acid groups (broad SMARTS) is 1. The van der Waals surface area contributed by atoms with Crippen LogP contribution in [-0.4, -0.2) is 81.1 Å². The van der Waals surface area contributed by atoms with Crippen molar-refractivity contribution in [2.45, 2.75) is 57.1 Å². The monoisotopic (exact) mass is 394 g/mol. The number of thiol groups is 1. The van der Waals surface area contributed by atoms with Gasteiger partial charge in [-0.25, -0.2) is 4.79 Å². The number of amides is 3. The molecule has 0 aromatic rings. The summed E-state index contributed by atoms with van der Waals surface area (Å²) in [5, 5.41) is 34.7. The zero-order chi connectivity index (χ0) is 20.6. The maximum absolute atomic E-state index is 12.2. The summed E-state index contributed by atoms with van der Waals surface area (Å²) in [6.07, 6.45) is -2.79. The summed E-state index contributed by atoms with van der Waals surface area (Å²) in [5.41, 5.74) is 5.40. The van der Waals surface area contributed by atoms with Gasteiger partial charge < -0.3 is 37.0 Å². The van der Waals surface area contributed by atoms with Crippen LogP contribution >= 0.6 is 12.6 Å². The molecule has 0 aliphatic heterocycles. The lowest BCUT2D eigenvalue weighted by molar-refractivity contribution is -0.146. The van der Waals surface area contributed by atoms with E-state index in [1.54, 1.807) is 0 Å². The number of carbonyl (C=O) groups excluding carboxylic acids is 3. The molecule has 26 heavy (non-hydrogen) atoms. The minimum atomic E-state index is -1.63. The number of nitrogens with one attached hydrogen (secondary N) is 3. The molecule has 0 aliphatic carbocycles. The van der Waals surface area contributed by atoms with Crippen LogP contribution in [0.4, 0.5) is 0 Å². The molecule has 12 heteroatoms. The minimum Gasteiger partial charge on any atom is -0.480 e. The first kappa shape index (κ1) is 24.1. The molecule has 0 heterocycles. The van der Waals surface area contributed by atoms with Crippen molar-refractivity contribution in [3.05, 3.63) is 0 Å². The fourth-order valence-corrected chi connectivity index (χ4v) is 2.05. The lowest BCUT2D eigenvalue weighted by Gasteiger charge is -2.26. The lowest BCUT2D eigenvalue weighted by atomic mass is 10.1. The average molecular weight is 394 g/mol. The van der Waals surface area contributed by atoms with Crippen LogP contribution in [0.25, 0.3) is 0 Å². The number of aliphatic hydroxyl groups excluding tert-OH is 2. The maximum atomic E-state index is 12.2. The molecule has 150 valence electrons. The minimum absolute atomic E-state index is 0.107. The molecule has 6 atom stereocenters. The zero-order valence-corrected chi connectivity index (χ0v) is 15.6. The molecule has 0 saturated heterocycles. The van der Waals surface area contributed by atoms with Crippen LogP contribution in [0.3, 0.4) is 0 Å².